The van der Waals surface area contributed by atoms with Gasteiger partial charge in [-0.2, -0.15) is 5.26 Å². The number of rotatable bonds is 7. The molecule has 3 aliphatic rings. The number of nitrogens with one attached hydrogen (secondary N) is 1. The number of hydrogen-bond donors (Lipinski definition) is 1. The Morgan fingerprint density at radius 3 is 2.60 bits per heavy atom. The maximum absolute atomic E-state index is 12.4. The maximum atomic E-state index is 12.4. The number of ether oxygens (including phenoxy) is 1. The molecule has 3 heterocycles. The SMILES string of the molecule is Cc1cc(NCC2CN(CC3CCN(CC4CC4)CC3)C(=O)CO2)nc(C)c1C#N. The second-order valence-electron chi connectivity index (χ2n) is 9.20. The predicted octanol–water partition coefficient (Wildman–Crippen LogP) is 2.33. The number of piperidine rings is 1. The average molecular weight is 412 g/mol. The van der Waals surface area contributed by atoms with Gasteiger partial charge in [-0.1, -0.05) is 0 Å². The summed E-state index contributed by atoms with van der Waals surface area (Å²) in [5, 5.41) is 12.5. The number of aryl methyl sites for hydroxylation is 2. The molecular weight excluding hydrogens is 378 g/mol. The maximum Gasteiger partial charge on any atom is 0.248 e. The van der Waals surface area contributed by atoms with E-state index in [0.29, 0.717) is 24.6 Å². The number of anilines is 1. The van der Waals surface area contributed by atoms with Crippen molar-refractivity contribution in [2.24, 2.45) is 11.8 Å². The summed E-state index contributed by atoms with van der Waals surface area (Å²) in [6, 6.07) is 4.09. The minimum atomic E-state index is -0.0456. The second-order valence-corrected chi connectivity index (χ2v) is 9.20. The Hall–Kier alpha value is -2.17. The normalized spacial score (nSPS) is 23.4. The number of carbonyl (C=O) groups is 1. The van der Waals surface area contributed by atoms with E-state index in [1.807, 2.05) is 24.8 Å². The second kappa shape index (κ2) is 9.32. The van der Waals surface area contributed by atoms with Crippen LogP contribution in [-0.4, -0.2) is 72.7 Å². The first kappa shape index (κ1) is 21.1. The Balaban J connectivity index is 1.25. The van der Waals surface area contributed by atoms with Gasteiger partial charge in [-0.25, -0.2) is 4.98 Å². The number of aromatic nitrogens is 1. The quantitative estimate of drug-likeness (QED) is 0.742. The van der Waals surface area contributed by atoms with E-state index in [4.69, 9.17) is 4.74 Å². The lowest BCUT2D eigenvalue weighted by atomic mass is 9.95. The average Bonchev–Trinajstić information content (AvgIpc) is 3.54. The largest absolute Gasteiger partial charge is 0.367 e. The minimum Gasteiger partial charge on any atom is -0.367 e. The van der Waals surface area contributed by atoms with Gasteiger partial charge < -0.3 is 19.9 Å². The molecule has 7 nitrogen and oxygen atoms in total. The molecule has 7 heteroatoms. The van der Waals surface area contributed by atoms with Crippen LogP contribution in [0.5, 0.6) is 0 Å². The van der Waals surface area contributed by atoms with Crippen LogP contribution in [0.2, 0.25) is 0 Å². The van der Waals surface area contributed by atoms with Crippen LogP contribution in [0.1, 0.15) is 42.5 Å². The fourth-order valence-corrected chi connectivity index (χ4v) is 4.62. The first-order chi connectivity index (χ1) is 14.5. The van der Waals surface area contributed by atoms with E-state index in [0.717, 1.165) is 29.5 Å². The van der Waals surface area contributed by atoms with E-state index in [1.165, 1.54) is 45.3 Å². The zero-order chi connectivity index (χ0) is 21.1. The molecule has 4 rings (SSSR count). The van der Waals surface area contributed by atoms with Gasteiger partial charge in [0, 0.05) is 26.2 Å². The molecule has 2 saturated heterocycles. The molecule has 1 saturated carbocycles. The summed E-state index contributed by atoms with van der Waals surface area (Å²) in [4.78, 5) is 21.5. The molecule has 1 amide bonds. The first-order valence-electron chi connectivity index (χ1n) is 11.3. The highest BCUT2D eigenvalue weighted by Crippen LogP contribution is 2.31. The molecule has 0 spiro atoms. The van der Waals surface area contributed by atoms with Crippen LogP contribution < -0.4 is 5.32 Å². The van der Waals surface area contributed by atoms with Crippen molar-refractivity contribution >= 4 is 11.7 Å². The number of amides is 1. The third kappa shape index (κ3) is 5.30. The number of nitriles is 1. The van der Waals surface area contributed by atoms with Crippen LogP contribution in [-0.2, 0) is 9.53 Å². The Kier molecular flexibility index (Phi) is 6.55. The number of pyridine rings is 1. The van der Waals surface area contributed by atoms with Gasteiger partial charge >= 0.3 is 0 Å². The van der Waals surface area contributed by atoms with Gasteiger partial charge in [0.1, 0.15) is 18.5 Å². The summed E-state index contributed by atoms with van der Waals surface area (Å²) in [7, 11) is 0. The summed E-state index contributed by atoms with van der Waals surface area (Å²) < 4.78 is 5.76. The molecule has 0 bridgehead atoms. The van der Waals surface area contributed by atoms with Crippen molar-refractivity contribution < 1.29 is 9.53 Å². The Morgan fingerprint density at radius 1 is 1.20 bits per heavy atom. The van der Waals surface area contributed by atoms with E-state index >= 15 is 0 Å². The zero-order valence-corrected chi connectivity index (χ0v) is 18.2. The molecule has 3 fully saturated rings. The third-order valence-corrected chi connectivity index (χ3v) is 6.64. The van der Waals surface area contributed by atoms with Gasteiger partial charge in [0.25, 0.3) is 0 Å². The number of hydrogen-bond acceptors (Lipinski definition) is 6. The molecule has 30 heavy (non-hydrogen) atoms. The van der Waals surface area contributed by atoms with Gasteiger partial charge in [0.15, 0.2) is 0 Å². The predicted molar refractivity (Wildman–Crippen MR) is 115 cm³/mol. The van der Waals surface area contributed by atoms with Gasteiger partial charge in [-0.3, -0.25) is 4.79 Å². The lowest BCUT2D eigenvalue weighted by molar-refractivity contribution is -0.149. The van der Waals surface area contributed by atoms with Gasteiger partial charge in [-0.05, 0) is 76.1 Å². The number of morpholine rings is 1. The molecule has 1 N–H and O–H groups in total. The monoisotopic (exact) mass is 411 g/mol. The summed E-state index contributed by atoms with van der Waals surface area (Å²) in [6.07, 6.45) is 5.15. The van der Waals surface area contributed by atoms with Crippen molar-refractivity contribution in [2.75, 3.05) is 51.2 Å². The highest BCUT2D eigenvalue weighted by Gasteiger charge is 2.31. The Morgan fingerprint density at radius 2 is 1.93 bits per heavy atom. The summed E-state index contributed by atoms with van der Waals surface area (Å²) in [6.45, 7) is 9.63. The molecule has 1 atom stereocenters. The van der Waals surface area contributed by atoms with E-state index < -0.39 is 0 Å². The minimum absolute atomic E-state index is 0.0456. The van der Waals surface area contributed by atoms with E-state index in [9.17, 15) is 10.1 Å². The molecule has 1 aromatic heterocycles. The van der Waals surface area contributed by atoms with Crippen LogP contribution in [0.15, 0.2) is 6.07 Å². The lowest BCUT2D eigenvalue weighted by Crippen LogP contribution is -2.51. The van der Waals surface area contributed by atoms with Crippen LogP contribution in [0.3, 0.4) is 0 Å². The third-order valence-electron chi connectivity index (χ3n) is 6.64. The highest BCUT2D eigenvalue weighted by molar-refractivity contribution is 5.78. The molecule has 0 aromatic carbocycles. The van der Waals surface area contributed by atoms with Crippen molar-refractivity contribution in [3.05, 3.63) is 22.9 Å². The van der Waals surface area contributed by atoms with Crippen molar-refractivity contribution in [3.8, 4) is 6.07 Å². The molecular formula is C23H33N5O2. The fourth-order valence-electron chi connectivity index (χ4n) is 4.62. The molecule has 1 aliphatic carbocycles. The topological polar surface area (TPSA) is 81.5 Å². The molecule has 162 valence electrons. The van der Waals surface area contributed by atoms with Crippen molar-refractivity contribution in [2.45, 2.75) is 45.6 Å². The fraction of sp³-hybridized carbons (Fsp3) is 0.696. The van der Waals surface area contributed by atoms with Crippen molar-refractivity contribution in [3.63, 3.8) is 0 Å². The Labute approximate surface area is 179 Å². The number of carbonyl (C=O) groups excluding carboxylic acids is 1. The highest BCUT2D eigenvalue weighted by atomic mass is 16.5. The standard InChI is InChI=1S/C23H33N5O2/c1-16-9-22(26-17(2)21(16)10-24)25-11-20-14-28(23(29)15-30-20)13-19-5-7-27(8-6-19)12-18-3-4-18/h9,18-20H,3-8,11-15H2,1-2H3,(H,25,26). The van der Waals surface area contributed by atoms with E-state index in [1.54, 1.807) is 0 Å². The van der Waals surface area contributed by atoms with Crippen molar-refractivity contribution in [1.29, 1.82) is 5.26 Å². The number of likely N-dealkylation sites (tertiary alicyclic amines) is 1. The van der Waals surface area contributed by atoms with E-state index in [-0.39, 0.29) is 18.6 Å². The zero-order valence-electron chi connectivity index (χ0n) is 18.2. The summed E-state index contributed by atoms with van der Waals surface area (Å²) >= 11 is 0. The van der Waals surface area contributed by atoms with E-state index in [2.05, 4.69) is 21.3 Å². The van der Waals surface area contributed by atoms with Crippen LogP contribution in [0.25, 0.3) is 0 Å². The molecule has 2 aliphatic heterocycles. The molecule has 0 radical (unpaired) electrons. The van der Waals surface area contributed by atoms with Gasteiger partial charge in [-0.15, -0.1) is 0 Å². The van der Waals surface area contributed by atoms with Crippen molar-refractivity contribution in [1.82, 2.24) is 14.8 Å². The first-order valence-corrected chi connectivity index (χ1v) is 11.3. The van der Waals surface area contributed by atoms with Crippen LogP contribution in [0, 0.1) is 37.0 Å². The molecule has 1 unspecified atom stereocenters. The smallest absolute Gasteiger partial charge is 0.248 e. The van der Waals surface area contributed by atoms with Gasteiger partial charge in [0.05, 0.1) is 17.4 Å². The van der Waals surface area contributed by atoms with Gasteiger partial charge in [0.2, 0.25) is 5.91 Å². The Bertz CT molecular complexity index is 785. The summed E-state index contributed by atoms with van der Waals surface area (Å²) in [5.74, 6) is 2.41. The van der Waals surface area contributed by atoms with Crippen LogP contribution in [0.4, 0.5) is 5.82 Å². The summed E-state index contributed by atoms with van der Waals surface area (Å²) in [5.41, 5.74) is 2.28. The lowest BCUT2D eigenvalue weighted by Gasteiger charge is -2.38. The molecule has 1 aromatic rings. The number of nitrogens with zero attached hydrogens (tertiary/aromatic N) is 4. The van der Waals surface area contributed by atoms with Crippen LogP contribution >= 0.6 is 0 Å².